The molecule has 3 aromatic heterocycles. The summed E-state index contributed by atoms with van der Waals surface area (Å²) >= 11 is 0. The van der Waals surface area contributed by atoms with Gasteiger partial charge >= 0.3 is 5.76 Å². The van der Waals surface area contributed by atoms with Gasteiger partial charge in [0.25, 0.3) is 0 Å². The first-order chi connectivity index (χ1) is 9.99. The maximum atomic E-state index is 10.6. The summed E-state index contributed by atoms with van der Waals surface area (Å²) in [6.07, 6.45) is 3.37. The standard InChI is InChI=1S/C7H6N2O2.C7H10N2O/c1-4-2-5-6(8-3-4)9-7(10)11-5;1-5-3-6(10)7(8-2)9-4-5/h2-3H,1H3,(H,8,9,10);3-4,10H,1-2H3,(H,8,9). The second-order valence-electron chi connectivity index (χ2n) is 4.50. The van der Waals surface area contributed by atoms with Gasteiger partial charge < -0.3 is 14.8 Å². The van der Waals surface area contributed by atoms with Crippen LogP contribution in [0, 0.1) is 13.8 Å². The zero-order chi connectivity index (χ0) is 15.4. The van der Waals surface area contributed by atoms with Gasteiger partial charge in [-0.2, -0.15) is 0 Å². The topological polar surface area (TPSA) is 104 Å². The van der Waals surface area contributed by atoms with Crippen molar-refractivity contribution < 1.29 is 9.52 Å². The molecule has 0 saturated carbocycles. The minimum atomic E-state index is -0.460. The van der Waals surface area contributed by atoms with E-state index in [0.717, 1.165) is 11.1 Å². The minimum absolute atomic E-state index is 0.197. The number of aryl methyl sites for hydroxylation is 2. The lowest BCUT2D eigenvalue weighted by Gasteiger charge is -2.01. The number of anilines is 1. The number of pyridine rings is 2. The van der Waals surface area contributed by atoms with Crippen molar-refractivity contribution >= 4 is 17.0 Å². The molecule has 0 aliphatic heterocycles. The zero-order valence-electron chi connectivity index (χ0n) is 12.0. The van der Waals surface area contributed by atoms with Crippen LogP contribution in [0.5, 0.6) is 5.75 Å². The fourth-order valence-electron chi connectivity index (χ4n) is 1.68. The SMILES string of the molecule is CNc1ncc(C)cc1O.Cc1cnc2[nH]c(=O)oc2c1. The summed E-state index contributed by atoms with van der Waals surface area (Å²) in [4.78, 5) is 21.0. The van der Waals surface area contributed by atoms with Crippen LogP contribution < -0.4 is 11.1 Å². The minimum Gasteiger partial charge on any atom is -0.504 e. The molecule has 3 rings (SSSR count). The van der Waals surface area contributed by atoms with Crippen LogP contribution in [0.25, 0.3) is 11.2 Å². The number of nitrogens with zero attached hydrogens (tertiary/aromatic N) is 2. The van der Waals surface area contributed by atoms with E-state index in [1.165, 1.54) is 0 Å². The second-order valence-corrected chi connectivity index (χ2v) is 4.50. The third-order valence-corrected chi connectivity index (χ3v) is 2.65. The molecule has 21 heavy (non-hydrogen) atoms. The predicted octanol–water partition coefficient (Wildman–Crippen LogP) is 1.96. The van der Waals surface area contributed by atoms with E-state index in [1.54, 1.807) is 31.6 Å². The first-order valence-corrected chi connectivity index (χ1v) is 6.28. The normalized spacial score (nSPS) is 10.0. The monoisotopic (exact) mass is 288 g/mol. The molecule has 7 nitrogen and oxygen atoms in total. The fraction of sp³-hybridized carbons (Fsp3) is 0.214. The number of hydrogen-bond donors (Lipinski definition) is 3. The molecular weight excluding hydrogens is 272 g/mol. The van der Waals surface area contributed by atoms with E-state index in [9.17, 15) is 4.79 Å². The van der Waals surface area contributed by atoms with Crippen LogP contribution in [-0.4, -0.2) is 27.1 Å². The van der Waals surface area contributed by atoms with Gasteiger partial charge in [-0.25, -0.2) is 14.8 Å². The number of oxazole rings is 1. The van der Waals surface area contributed by atoms with E-state index in [-0.39, 0.29) is 5.75 Å². The molecule has 0 atom stereocenters. The average molecular weight is 288 g/mol. The fourth-order valence-corrected chi connectivity index (χ4v) is 1.68. The molecule has 0 saturated heterocycles. The van der Waals surface area contributed by atoms with Gasteiger partial charge in [0, 0.05) is 19.4 Å². The van der Waals surface area contributed by atoms with Crippen molar-refractivity contribution in [2.75, 3.05) is 12.4 Å². The quantitative estimate of drug-likeness (QED) is 0.632. The van der Waals surface area contributed by atoms with Gasteiger partial charge in [0.05, 0.1) is 0 Å². The smallest absolute Gasteiger partial charge is 0.418 e. The first-order valence-electron chi connectivity index (χ1n) is 6.28. The van der Waals surface area contributed by atoms with Crippen LogP contribution in [0.2, 0.25) is 0 Å². The first kappa shape index (κ1) is 14.6. The van der Waals surface area contributed by atoms with Crippen LogP contribution >= 0.6 is 0 Å². The van der Waals surface area contributed by atoms with Crippen molar-refractivity contribution in [3.05, 3.63) is 46.2 Å². The van der Waals surface area contributed by atoms with Crippen molar-refractivity contribution in [3.8, 4) is 5.75 Å². The Morgan fingerprint density at radius 1 is 1.19 bits per heavy atom. The summed E-state index contributed by atoms with van der Waals surface area (Å²) in [6.45, 7) is 3.77. The summed E-state index contributed by atoms with van der Waals surface area (Å²) in [5.74, 6) is 0.256. The average Bonchev–Trinajstić information content (AvgIpc) is 2.79. The Kier molecular flexibility index (Phi) is 4.22. The Bertz CT molecular complexity index is 807. The zero-order valence-corrected chi connectivity index (χ0v) is 12.0. The number of aromatic hydroxyl groups is 1. The van der Waals surface area contributed by atoms with E-state index < -0.39 is 5.76 Å². The highest BCUT2D eigenvalue weighted by molar-refractivity contribution is 5.67. The van der Waals surface area contributed by atoms with E-state index in [0.29, 0.717) is 17.0 Å². The number of aromatic amines is 1. The highest BCUT2D eigenvalue weighted by atomic mass is 16.4. The number of H-pyrrole nitrogens is 1. The van der Waals surface area contributed by atoms with E-state index >= 15 is 0 Å². The molecule has 0 radical (unpaired) electrons. The van der Waals surface area contributed by atoms with Gasteiger partial charge in [-0.05, 0) is 37.1 Å². The molecule has 0 aromatic carbocycles. The predicted molar refractivity (Wildman–Crippen MR) is 79.6 cm³/mol. The molecule has 3 heterocycles. The summed E-state index contributed by atoms with van der Waals surface area (Å²) in [7, 11) is 1.72. The van der Waals surface area contributed by atoms with Crippen LogP contribution in [0.4, 0.5) is 5.82 Å². The molecular formula is C14H16N4O3. The van der Waals surface area contributed by atoms with Crippen molar-refractivity contribution in [3.63, 3.8) is 0 Å². The lowest BCUT2D eigenvalue weighted by atomic mass is 10.3. The van der Waals surface area contributed by atoms with Crippen LogP contribution in [0.15, 0.2) is 33.7 Å². The van der Waals surface area contributed by atoms with Gasteiger partial charge in [0.1, 0.15) is 0 Å². The molecule has 0 aliphatic carbocycles. The van der Waals surface area contributed by atoms with Crippen molar-refractivity contribution in [2.45, 2.75) is 13.8 Å². The largest absolute Gasteiger partial charge is 0.504 e. The number of rotatable bonds is 1. The van der Waals surface area contributed by atoms with Gasteiger partial charge in [-0.15, -0.1) is 0 Å². The van der Waals surface area contributed by atoms with Crippen LogP contribution in [-0.2, 0) is 0 Å². The van der Waals surface area contributed by atoms with E-state index in [2.05, 4.69) is 20.3 Å². The Labute approximate surface area is 120 Å². The number of nitrogens with one attached hydrogen (secondary N) is 2. The summed E-state index contributed by atoms with van der Waals surface area (Å²) < 4.78 is 4.78. The van der Waals surface area contributed by atoms with Gasteiger partial charge in [0.2, 0.25) is 0 Å². The Morgan fingerprint density at radius 2 is 1.86 bits per heavy atom. The van der Waals surface area contributed by atoms with Gasteiger partial charge in [-0.1, -0.05) is 0 Å². The summed E-state index contributed by atoms with van der Waals surface area (Å²) in [5.41, 5.74) is 2.94. The molecule has 3 N–H and O–H groups in total. The maximum Gasteiger partial charge on any atom is 0.418 e. The van der Waals surface area contributed by atoms with Gasteiger partial charge in [0.15, 0.2) is 22.8 Å². The molecule has 0 fully saturated rings. The van der Waals surface area contributed by atoms with E-state index in [4.69, 9.17) is 9.52 Å². The van der Waals surface area contributed by atoms with Crippen molar-refractivity contribution in [2.24, 2.45) is 0 Å². The van der Waals surface area contributed by atoms with E-state index in [1.807, 2.05) is 13.8 Å². The molecule has 0 spiro atoms. The third kappa shape index (κ3) is 3.59. The number of hydrogen-bond acceptors (Lipinski definition) is 6. The molecule has 110 valence electrons. The third-order valence-electron chi connectivity index (χ3n) is 2.65. The molecule has 3 aromatic rings. The summed E-state index contributed by atoms with van der Waals surface area (Å²) in [6, 6.07) is 3.43. The lowest BCUT2D eigenvalue weighted by molar-refractivity contribution is 0.475. The highest BCUT2D eigenvalue weighted by Crippen LogP contribution is 2.19. The molecule has 7 heteroatoms. The van der Waals surface area contributed by atoms with Crippen LogP contribution in [0.1, 0.15) is 11.1 Å². The Balaban J connectivity index is 0.000000155. The van der Waals surface area contributed by atoms with Crippen LogP contribution in [0.3, 0.4) is 0 Å². The number of aromatic nitrogens is 3. The molecule has 0 aliphatic rings. The number of fused-ring (bicyclic) bond motifs is 1. The van der Waals surface area contributed by atoms with Crippen molar-refractivity contribution in [1.29, 1.82) is 0 Å². The highest BCUT2D eigenvalue weighted by Gasteiger charge is 2.00. The summed E-state index contributed by atoms with van der Waals surface area (Å²) in [5, 5.41) is 11.9. The molecule has 0 bridgehead atoms. The second kappa shape index (κ2) is 6.08. The molecule has 0 unspecified atom stereocenters. The lowest BCUT2D eigenvalue weighted by Crippen LogP contribution is -1.93. The molecule has 0 amide bonds. The maximum absolute atomic E-state index is 10.6. The Morgan fingerprint density at radius 3 is 2.52 bits per heavy atom. The van der Waals surface area contributed by atoms with Gasteiger partial charge in [-0.3, -0.25) is 4.98 Å². The Hall–Kier alpha value is -2.83. The van der Waals surface area contributed by atoms with Crippen molar-refractivity contribution in [1.82, 2.24) is 15.0 Å².